The minimum absolute atomic E-state index is 0.000987. The van der Waals surface area contributed by atoms with Crippen LogP contribution in [0.25, 0.3) is 0 Å². The van der Waals surface area contributed by atoms with Gasteiger partial charge in [-0.1, -0.05) is 18.2 Å². The van der Waals surface area contributed by atoms with Crippen LogP contribution in [0.1, 0.15) is 38.4 Å². The predicted molar refractivity (Wildman–Crippen MR) is 102 cm³/mol. The lowest BCUT2D eigenvalue weighted by Crippen LogP contribution is -2.40. The van der Waals surface area contributed by atoms with E-state index in [9.17, 15) is 9.59 Å². The van der Waals surface area contributed by atoms with Crippen LogP contribution in [-0.4, -0.2) is 56.0 Å². The zero-order valence-corrected chi connectivity index (χ0v) is 15.6. The Hall–Kier alpha value is -2.02. The van der Waals surface area contributed by atoms with Crippen molar-refractivity contribution in [1.29, 1.82) is 0 Å². The molecule has 6 heteroatoms. The molecule has 2 aliphatic heterocycles. The molecule has 2 aliphatic rings. The summed E-state index contributed by atoms with van der Waals surface area (Å²) in [6.45, 7) is 6.59. The zero-order valence-electron chi connectivity index (χ0n) is 14.8. The fraction of sp³-hybridized carbons (Fsp3) is 0.400. The normalized spacial score (nSPS) is 20.2. The van der Waals surface area contributed by atoms with Crippen molar-refractivity contribution in [2.45, 2.75) is 12.8 Å². The first kappa shape index (κ1) is 17.4. The van der Waals surface area contributed by atoms with E-state index in [2.05, 4.69) is 11.0 Å². The maximum atomic E-state index is 13.1. The molecule has 1 aromatic carbocycles. The van der Waals surface area contributed by atoms with Gasteiger partial charge >= 0.3 is 0 Å². The van der Waals surface area contributed by atoms with Crippen molar-refractivity contribution in [3.63, 3.8) is 0 Å². The molecule has 0 spiro atoms. The molecule has 0 bridgehead atoms. The third-order valence-electron chi connectivity index (χ3n) is 5.09. The topological polar surface area (TPSA) is 49.9 Å². The Balaban J connectivity index is 1.56. The van der Waals surface area contributed by atoms with Crippen molar-refractivity contribution in [2.75, 3.05) is 44.3 Å². The first-order chi connectivity index (χ1) is 12.6. The zero-order chi connectivity index (χ0) is 18.1. The monoisotopic (exact) mass is 370 g/mol. The molecular formula is C20H22N2O3S. The van der Waals surface area contributed by atoms with Crippen LogP contribution >= 0.6 is 11.3 Å². The highest BCUT2D eigenvalue weighted by Crippen LogP contribution is 2.37. The molecule has 136 valence electrons. The average molecular weight is 370 g/mol. The number of ketones is 1. The molecule has 2 aromatic rings. The van der Waals surface area contributed by atoms with E-state index in [0.717, 1.165) is 38.5 Å². The number of fused-ring (bicyclic) bond motifs is 1. The second-order valence-corrected chi connectivity index (χ2v) is 7.75. The Labute approximate surface area is 157 Å². The molecule has 4 rings (SSSR count). The number of ether oxygens (including phenoxy) is 1. The number of carbonyl (C=O) groups is 2. The van der Waals surface area contributed by atoms with Gasteiger partial charge in [-0.15, -0.1) is 11.3 Å². The van der Waals surface area contributed by atoms with Crippen LogP contribution in [-0.2, 0) is 4.74 Å². The minimum Gasteiger partial charge on any atom is -0.379 e. The quantitative estimate of drug-likeness (QED) is 0.777. The number of benzene rings is 1. The van der Waals surface area contributed by atoms with Gasteiger partial charge in [-0.2, -0.15) is 0 Å². The Bertz CT molecular complexity index is 826. The van der Waals surface area contributed by atoms with Crippen molar-refractivity contribution in [3.8, 4) is 0 Å². The SMILES string of the molecule is CC(=O)c1cc(C(=O)N2CC(CN3CCOCC3)c3ccccc32)cs1. The van der Waals surface area contributed by atoms with Gasteiger partial charge in [0.1, 0.15) is 0 Å². The maximum Gasteiger partial charge on any atom is 0.259 e. The number of nitrogens with zero attached hydrogens (tertiary/aromatic N) is 2. The van der Waals surface area contributed by atoms with E-state index in [1.807, 2.05) is 23.1 Å². The van der Waals surface area contributed by atoms with Crippen molar-refractivity contribution < 1.29 is 14.3 Å². The molecule has 0 N–H and O–H groups in total. The molecule has 1 saturated heterocycles. The van der Waals surface area contributed by atoms with Gasteiger partial charge in [0.2, 0.25) is 0 Å². The van der Waals surface area contributed by atoms with Crippen LogP contribution in [0.4, 0.5) is 5.69 Å². The van der Waals surface area contributed by atoms with Crippen LogP contribution in [0, 0.1) is 0 Å². The van der Waals surface area contributed by atoms with E-state index in [-0.39, 0.29) is 11.7 Å². The van der Waals surface area contributed by atoms with Crippen LogP contribution < -0.4 is 4.90 Å². The lowest BCUT2D eigenvalue weighted by Gasteiger charge is -2.29. The number of carbonyl (C=O) groups excluding carboxylic acids is 2. The summed E-state index contributed by atoms with van der Waals surface area (Å²) in [5.74, 6) is 0.283. The standard InChI is InChI=1S/C20H22N2O3S/c1-14(23)19-10-15(13-26-19)20(24)22-12-16(11-21-6-8-25-9-7-21)17-4-2-3-5-18(17)22/h2-5,10,13,16H,6-9,11-12H2,1H3. The van der Waals surface area contributed by atoms with E-state index in [1.165, 1.54) is 23.8 Å². The fourth-order valence-electron chi connectivity index (χ4n) is 3.73. The van der Waals surface area contributed by atoms with Crippen molar-refractivity contribution in [3.05, 3.63) is 51.7 Å². The average Bonchev–Trinajstić information content (AvgIpc) is 3.28. The van der Waals surface area contributed by atoms with Crippen LogP contribution in [0.3, 0.4) is 0 Å². The largest absolute Gasteiger partial charge is 0.379 e. The summed E-state index contributed by atoms with van der Waals surface area (Å²) < 4.78 is 5.44. The predicted octanol–water partition coefficient (Wildman–Crippen LogP) is 3.03. The maximum absolute atomic E-state index is 13.1. The van der Waals surface area contributed by atoms with E-state index in [4.69, 9.17) is 4.74 Å². The highest BCUT2D eigenvalue weighted by molar-refractivity contribution is 7.12. The van der Waals surface area contributed by atoms with Crippen molar-refractivity contribution in [2.24, 2.45) is 0 Å². The highest BCUT2D eigenvalue weighted by Gasteiger charge is 2.34. The molecule has 0 radical (unpaired) electrons. The molecular weight excluding hydrogens is 348 g/mol. The molecule has 1 aromatic heterocycles. The Kier molecular flexibility index (Phi) is 4.89. The van der Waals surface area contributed by atoms with Crippen LogP contribution in [0.2, 0.25) is 0 Å². The lowest BCUT2D eigenvalue weighted by molar-refractivity contribution is 0.0356. The molecule has 3 heterocycles. The summed E-state index contributed by atoms with van der Waals surface area (Å²) in [6, 6.07) is 9.88. The number of anilines is 1. The van der Waals surface area contributed by atoms with E-state index < -0.39 is 0 Å². The fourth-order valence-corrected chi connectivity index (χ4v) is 4.51. The molecule has 1 amide bonds. The number of morpholine rings is 1. The summed E-state index contributed by atoms with van der Waals surface area (Å²) in [6.07, 6.45) is 0. The highest BCUT2D eigenvalue weighted by atomic mass is 32.1. The molecule has 0 saturated carbocycles. The first-order valence-electron chi connectivity index (χ1n) is 8.94. The third-order valence-corrected chi connectivity index (χ3v) is 6.12. The van der Waals surface area contributed by atoms with E-state index >= 15 is 0 Å². The molecule has 1 atom stereocenters. The van der Waals surface area contributed by atoms with E-state index in [1.54, 1.807) is 11.4 Å². The van der Waals surface area contributed by atoms with Crippen molar-refractivity contribution in [1.82, 2.24) is 4.90 Å². The van der Waals surface area contributed by atoms with Gasteiger partial charge in [-0.25, -0.2) is 0 Å². The summed E-state index contributed by atoms with van der Waals surface area (Å²) in [5.41, 5.74) is 2.82. The molecule has 0 aliphatic carbocycles. The van der Waals surface area contributed by atoms with Crippen molar-refractivity contribution >= 4 is 28.7 Å². The van der Waals surface area contributed by atoms with Gasteiger partial charge in [-0.3, -0.25) is 14.5 Å². The molecule has 1 fully saturated rings. The Morgan fingerprint density at radius 2 is 2.00 bits per heavy atom. The van der Waals surface area contributed by atoms with Gasteiger partial charge in [0.25, 0.3) is 5.91 Å². The summed E-state index contributed by atoms with van der Waals surface area (Å²) in [4.78, 5) is 29.5. The van der Waals surface area contributed by atoms with Gasteiger partial charge in [0, 0.05) is 43.2 Å². The second-order valence-electron chi connectivity index (χ2n) is 6.84. The number of Topliss-reactive ketones (excluding diaryl/α,β-unsaturated/α-hetero) is 1. The Morgan fingerprint density at radius 3 is 2.73 bits per heavy atom. The first-order valence-corrected chi connectivity index (χ1v) is 9.82. The van der Waals surface area contributed by atoms with Gasteiger partial charge in [-0.05, 0) is 24.6 Å². The number of rotatable bonds is 4. The molecule has 26 heavy (non-hydrogen) atoms. The number of thiophene rings is 1. The third kappa shape index (κ3) is 3.32. The number of para-hydroxylation sites is 1. The second kappa shape index (κ2) is 7.31. The Morgan fingerprint density at radius 1 is 1.23 bits per heavy atom. The number of hydrogen-bond donors (Lipinski definition) is 0. The summed E-state index contributed by atoms with van der Waals surface area (Å²) >= 11 is 1.34. The number of amides is 1. The minimum atomic E-state index is -0.0225. The summed E-state index contributed by atoms with van der Waals surface area (Å²) in [5, 5.41) is 1.79. The summed E-state index contributed by atoms with van der Waals surface area (Å²) in [7, 11) is 0. The van der Waals surface area contributed by atoms with Crippen LogP contribution in [0.15, 0.2) is 35.7 Å². The smallest absolute Gasteiger partial charge is 0.259 e. The lowest BCUT2D eigenvalue weighted by atomic mass is 10.0. The van der Waals surface area contributed by atoms with Crippen LogP contribution in [0.5, 0.6) is 0 Å². The molecule has 5 nitrogen and oxygen atoms in total. The molecule has 1 unspecified atom stereocenters. The number of hydrogen-bond acceptors (Lipinski definition) is 5. The van der Waals surface area contributed by atoms with Gasteiger partial charge in [0.15, 0.2) is 5.78 Å². The van der Waals surface area contributed by atoms with E-state index in [0.29, 0.717) is 22.9 Å². The van der Waals surface area contributed by atoms with Gasteiger partial charge < -0.3 is 9.64 Å². The van der Waals surface area contributed by atoms with Gasteiger partial charge in [0.05, 0.1) is 23.7 Å².